The molecule has 1 aromatic carbocycles. The van der Waals surface area contributed by atoms with E-state index in [0.29, 0.717) is 22.8 Å². The summed E-state index contributed by atoms with van der Waals surface area (Å²) in [6, 6.07) is 4.82. The number of nitrogens with zero attached hydrogens (tertiary/aromatic N) is 1. The zero-order valence-corrected chi connectivity index (χ0v) is 10.4. The van der Waals surface area contributed by atoms with Gasteiger partial charge in [0.1, 0.15) is 17.3 Å². The molecule has 0 saturated heterocycles. The molecule has 2 rings (SSSR count). The number of hydrogen-bond acceptors (Lipinski definition) is 5. The van der Waals surface area contributed by atoms with Crippen LogP contribution in [0.3, 0.4) is 0 Å². The van der Waals surface area contributed by atoms with Gasteiger partial charge >= 0.3 is 5.97 Å². The molecule has 0 fully saturated rings. The second-order valence-electron chi connectivity index (χ2n) is 4.30. The Labute approximate surface area is 109 Å². The van der Waals surface area contributed by atoms with E-state index in [0.717, 1.165) is 0 Å². The number of rotatable bonds is 4. The largest absolute Gasteiger partial charge is 0.481 e. The van der Waals surface area contributed by atoms with Crippen molar-refractivity contribution in [1.29, 1.82) is 0 Å². The number of carbonyl (C=O) groups is 2. The maximum atomic E-state index is 11.8. The Morgan fingerprint density at radius 3 is 2.84 bits per heavy atom. The van der Waals surface area contributed by atoms with E-state index in [1.54, 1.807) is 25.1 Å². The minimum absolute atomic E-state index is 0.0371. The van der Waals surface area contributed by atoms with E-state index in [9.17, 15) is 9.59 Å². The number of aliphatic imine (C=N–C) groups is 1. The highest BCUT2D eigenvalue weighted by Crippen LogP contribution is 2.33. The van der Waals surface area contributed by atoms with Gasteiger partial charge in [-0.1, -0.05) is 0 Å². The number of benzene rings is 1. The first-order valence-corrected chi connectivity index (χ1v) is 5.87. The quantitative estimate of drug-likeness (QED) is 0.800. The van der Waals surface area contributed by atoms with Gasteiger partial charge in [-0.05, 0) is 25.1 Å². The third kappa shape index (κ3) is 2.90. The Bertz CT molecular complexity index is 566. The van der Waals surface area contributed by atoms with Gasteiger partial charge < -0.3 is 15.6 Å². The minimum Gasteiger partial charge on any atom is -0.481 e. The van der Waals surface area contributed by atoms with Crippen molar-refractivity contribution in [3.63, 3.8) is 0 Å². The fourth-order valence-electron chi connectivity index (χ4n) is 1.72. The molecule has 1 aliphatic heterocycles. The van der Waals surface area contributed by atoms with E-state index in [2.05, 4.69) is 4.99 Å². The number of fused-ring (bicyclic) bond motifs is 1. The number of hydrogen-bond donors (Lipinski definition) is 2. The lowest BCUT2D eigenvalue weighted by Crippen LogP contribution is -2.33. The standard InChI is InChI=1S/C13H14N2O4/c1-7-13(14)15-9-6-8(2-4-11(9)19-7)10(16)3-5-12(17)18/h2,4,6-7H,3,5H2,1H3,(H2,14,15)(H,17,18). The number of amidine groups is 1. The normalized spacial score (nSPS) is 17.1. The summed E-state index contributed by atoms with van der Waals surface area (Å²) in [7, 11) is 0. The van der Waals surface area contributed by atoms with Crippen molar-refractivity contribution in [2.75, 3.05) is 0 Å². The van der Waals surface area contributed by atoms with Gasteiger partial charge in [0.25, 0.3) is 0 Å². The van der Waals surface area contributed by atoms with Gasteiger partial charge in [-0.3, -0.25) is 9.59 Å². The lowest BCUT2D eigenvalue weighted by molar-refractivity contribution is -0.136. The lowest BCUT2D eigenvalue weighted by atomic mass is 10.1. The Morgan fingerprint density at radius 2 is 2.16 bits per heavy atom. The highest BCUT2D eigenvalue weighted by Gasteiger charge is 2.19. The molecule has 1 aromatic rings. The maximum absolute atomic E-state index is 11.8. The van der Waals surface area contributed by atoms with E-state index in [-0.39, 0.29) is 24.7 Å². The summed E-state index contributed by atoms with van der Waals surface area (Å²) in [5, 5.41) is 8.55. The molecule has 0 amide bonds. The molecule has 1 unspecified atom stereocenters. The minimum atomic E-state index is -0.995. The number of aliphatic carboxylic acids is 1. The van der Waals surface area contributed by atoms with Crippen molar-refractivity contribution in [2.45, 2.75) is 25.9 Å². The highest BCUT2D eigenvalue weighted by molar-refractivity contribution is 5.99. The van der Waals surface area contributed by atoms with Crippen LogP contribution >= 0.6 is 0 Å². The van der Waals surface area contributed by atoms with Crippen molar-refractivity contribution >= 4 is 23.3 Å². The van der Waals surface area contributed by atoms with E-state index in [1.165, 1.54) is 0 Å². The predicted octanol–water partition coefficient (Wildman–Crippen LogP) is 1.50. The van der Waals surface area contributed by atoms with E-state index >= 15 is 0 Å². The molecule has 19 heavy (non-hydrogen) atoms. The number of ketones is 1. The number of ether oxygens (including phenoxy) is 1. The van der Waals surface area contributed by atoms with Crippen molar-refractivity contribution in [1.82, 2.24) is 0 Å². The summed E-state index contributed by atoms with van der Waals surface area (Å²) in [4.78, 5) is 26.4. The molecule has 6 heteroatoms. The van der Waals surface area contributed by atoms with Crippen LogP contribution in [0.25, 0.3) is 0 Å². The van der Waals surface area contributed by atoms with Gasteiger partial charge in [-0.2, -0.15) is 0 Å². The van der Waals surface area contributed by atoms with Crippen LogP contribution in [0.1, 0.15) is 30.1 Å². The average molecular weight is 262 g/mol. The average Bonchev–Trinajstić information content (AvgIpc) is 2.36. The van der Waals surface area contributed by atoms with Crippen LogP contribution in [-0.2, 0) is 4.79 Å². The molecule has 0 aliphatic carbocycles. The van der Waals surface area contributed by atoms with Gasteiger partial charge in [0.2, 0.25) is 0 Å². The highest BCUT2D eigenvalue weighted by atomic mass is 16.5. The van der Waals surface area contributed by atoms with Crippen LogP contribution in [0, 0.1) is 0 Å². The fraction of sp³-hybridized carbons (Fsp3) is 0.308. The molecule has 0 aromatic heterocycles. The Hall–Kier alpha value is -2.37. The summed E-state index contributed by atoms with van der Waals surface area (Å²) in [5.74, 6) is -0.317. The summed E-state index contributed by atoms with van der Waals surface area (Å²) < 4.78 is 5.52. The Morgan fingerprint density at radius 1 is 1.42 bits per heavy atom. The van der Waals surface area contributed by atoms with Crippen molar-refractivity contribution in [3.8, 4) is 5.75 Å². The van der Waals surface area contributed by atoms with E-state index < -0.39 is 5.97 Å². The van der Waals surface area contributed by atoms with Gasteiger partial charge in [0.15, 0.2) is 11.9 Å². The fourth-order valence-corrected chi connectivity index (χ4v) is 1.72. The molecule has 100 valence electrons. The number of carboxylic acid groups (broad SMARTS) is 1. The molecular formula is C13H14N2O4. The summed E-state index contributed by atoms with van der Waals surface area (Å²) in [6.45, 7) is 1.79. The third-order valence-corrected chi connectivity index (χ3v) is 2.82. The van der Waals surface area contributed by atoms with Crippen LogP contribution < -0.4 is 10.5 Å². The van der Waals surface area contributed by atoms with Gasteiger partial charge in [0, 0.05) is 12.0 Å². The first-order valence-electron chi connectivity index (χ1n) is 5.87. The molecule has 3 N–H and O–H groups in total. The van der Waals surface area contributed by atoms with Crippen LogP contribution in [0.15, 0.2) is 23.2 Å². The van der Waals surface area contributed by atoms with Crippen LogP contribution in [0.5, 0.6) is 5.75 Å². The third-order valence-electron chi connectivity index (χ3n) is 2.82. The topological polar surface area (TPSA) is 102 Å². The van der Waals surface area contributed by atoms with Gasteiger partial charge in [-0.25, -0.2) is 4.99 Å². The molecule has 0 bridgehead atoms. The van der Waals surface area contributed by atoms with Crippen molar-refractivity contribution in [3.05, 3.63) is 23.8 Å². The molecular weight excluding hydrogens is 248 g/mol. The second-order valence-corrected chi connectivity index (χ2v) is 4.30. The van der Waals surface area contributed by atoms with Gasteiger partial charge in [-0.15, -0.1) is 0 Å². The summed E-state index contributed by atoms with van der Waals surface area (Å²) in [5.41, 5.74) is 6.59. The Balaban J connectivity index is 2.21. The number of carbonyl (C=O) groups excluding carboxylic acids is 1. The zero-order chi connectivity index (χ0) is 14.0. The predicted molar refractivity (Wildman–Crippen MR) is 69.0 cm³/mol. The van der Waals surface area contributed by atoms with E-state index in [4.69, 9.17) is 15.6 Å². The van der Waals surface area contributed by atoms with Crippen molar-refractivity contribution < 1.29 is 19.4 Å². The SMILES string of the molecule is CC1Oc2ccc(C(=O)CCC(=O)O)cc2N=C1N. The molecule has 1 aliphatic rings. The van der Waals surface area contributed by atoms with Crippen molar-refractivity contribution in [2.24, 2.45) is 10.7 Å². The Kier molecular flexibility index (Phi) is 3.50. The lowest BCUT2D eigenvalue weighted by Gasteiger charge is -2.21. The van der Waals surface area contributed by atoms with Crippen LogP contribution in [0.4, 0.5) is 5.69 Å². The maximum Gasteiger partial charge on any atom is 0.303 e. The van der Waals surface area contributed by atoms with Crippen LogP contribution in [0.2, 0.25) is 0 Å². The molecule has 0 saturated carbocycles. The zero-order valence-electron chi connectivity index (χ0n) is 10.4. The summed E-state index contributed by atoms with van der Waals surface area (Å²) in [6.07, 6.45) is -0.513. The van der Waals surface area contributed by atoms with Crippen LogP contribution in [-0.4, -0.2) is 28.8 Å². The van der Waals surface area contributed by atoms with Gasteiger partial charge in [0.05, 0.1) is 6.42 Å². The molecule has 0 spiro atoms. The first kappa shape index (κ1) is 13.1. The first-order chi connectivity index (χ1) is 8.97. The smallest absolute Gasteiger partial charge is 0.303 e. The number of carboxylic acids is 1. The molecule has 1 heterocycles. The molecule has 6 nitrogen and oxygen atoms in total. The number of nitrogens with two attached hydrogens (primary N) is 1. The summed E-state index contributed by atoms with van der Waals surface area (Å²) >= 11 is 0. The number of Topliss-reactive ketones (excluding diaryl/α,β-unsaturated/α-hetero) is 1. The molecule has 1 atom stereocenters. The second kappa shape index (κ2) is 5.09. The van der Waals surface area contributed by atoms with E-state index in [1.807, 2.05) is 0 Å². The monoisotopic (exact) mass is 262 g/mol. The molecule has 0 radical (unpaired) electrons.